The minimum Gasteiger partial charge on any atom is -0.289 e. The van der Waals surface area contributed by atoms with Crippen LogP contribution in [-0.4, -0.2) is 11.6 Å². The summed E-state index contributed by atoms with van der Waals surface area (Å²) in [4.78, 5) is 27.2. The minimum absolute atomic E-state index is 0.0109. The van der Waals surface area contributed by atoms with Gasteiger partial charge in [-0.05, 0) is 82.7 Å². The van der Waals surface area contributed by atoms with E-state index in [1.54, 1.807) is 0 Å². The zero-order valence-corrected chi connectivity index (χ0v) is 25.2. The van der Waals surface area contributed by atoms with Crippen molar-refractivity contribution in [3.05, 3.63) is 69.8 Å². The van der Waals surface area contributed by atoms with Gasteiger partial charge < -0.3 is 0 Å². The molecule has 37 heavy (non-hydrogen) atoms. The van der Waals surface area contributed by atoms with Crippen LogP contribution >= 0.6 is 0 Å². The van der Waals surface area contributed by atoms with Crippen molar-refractivity contribution >= 4 is 11.6 Å². The number of hydrogen-bond acceptors (Lipinski definition) is 2. The molecular formula is C35H50O2. The van der Waals surface area contributed by atoms with E-state index >= 15 is 0 Å². The summed E-state index contributed by atoms with van der Waals surface area (Å²) >= 11 is 0. The van der Waals surface area contributed by atoms with Crippen molar-refractivity contribution in [3.63, 3.8) is 0 Å². The molecule has 0 N–H and O–H groups in total. The van der Waals surface area contributed by atoms with Gasteiger partial charge in [0.15, 0.2) is 11.6 Å². The lowest BCUT2D eigenvalue weighted by Crippen LogP contribution is -2.25. The summed E-state index contributed by atoms with van der Waals surface area (Å²) in [6, 6.07) is 11.9. The molecule has 2 aromatic rings. The van der Waals surface area contributed by atoms with E-state index in [1.165, 1.54) is 12.8 Å². The first kappa shape index (κ1) is 29.3. The Morgan fingerprint density at radius 1 is 0.649 bits per heavy atom. The number of benzene rings is 2. The maximum Gasteiger partial charge on any atom is 0.194 e. The first-order chi connectivity index (χ1) is 17.1. The molecule has 2 nitrogen and oxygen atoms in total. The van der Waals surface area contributed by atoms with Gasteiger partial charge in [-0.3, -0.25) is 9.59 Å². The highest BCUT2D eigenvalue weighted by molar-refractivity contribution is 6.28. The maximum atomic E-state index is 13.8. The Labute approximate surface area is 226 Å². The van der Waals surface area contributed by atoms with E-state index in [2.05, 4.69) is 81.4 Å². The van der Waals surface area contributed by atoms with E-state index in [0.717, 1.165) is 36.8 Å². The standard InChI is InChI=1S/C35H50O2/c1-11-23(2)18-20-35(9,10)26-15-17-28-30(22-26)32(37)29-21-25(14-16-27(29)31(28)36)34(7,8)19-12-13-24(3)33(4,5)6/h14-17,21-24H,11-13,18-20H2,1-10H3. The zero-order chi connectivity index (χ0) is 27.8. The first-order valence-corrected chi connectivity index (χ1v) is 14.5. The third-order valence-corrected chi connectivity index (χ3v) is 9.46. The molecular weight excluding hydrogens is 452 g/mol. The van der Waals surface area contributed by atoms with Crippen LogP contribution < -0.4 is 0 Å². The Bertz CT molecular complexity index is 1140. The van der Waals surface area contributed by atoms with Crippen LogP contribution in [0, 0.1) is 17.3 Å². The monoisotopic (exact) mass is 502 g/mol. The van der Waals surface area contributed by atoms with Crippen LogP contribution in [0.5, 0.6) is 0 Å². The van der Waals surface area contributed by atoms with Gasteiger partial charge in [0.05, 0.1) is 0 Å². The number of carbonyl (C=O) groups is 2. The molecule has 0 aliphatic heterocycles. The highest BCUT2D eigenvalue weighted by Gasteiger charge is 2.33. The fourth-order valence-corrected chi connectivity index (χ4v) is 5.38. The topological polar surface area (TPSA) is 34.1 Å². The molecule has 0 heterocycles. The van der Waals surface area contributed by atoms with Gasteiger partial charge in [-0.1, -0.05) is 101 Å². The largest absolute Gasteiger partial charge is 0.289 e. The average molecular weight is 503 g/mol. The fraction of sp³-hybridized carbons (Fsp3) is 0.600. The Kier molecular flexibility index (Phi) is 8.62. The summed E-state index contributed by atoms with van der Waals surface area (Å²) < 4.78 is 0. The van der Waals surface area contributed by atoms with Crippen molar-refractivity contribution in [1.82, 2.24) is 0 Å². The second-order valence-corrected chi connectivity index (χ2v) is 14.2. The van der Waals surface area contributed by atoms with E-state index < -0.39 is 0 Å². The predicted octanol–water partition coefficient (Wildman–Crippen LogP) is 9.70. The second kappa shape index (κ2) is 10.9. The molecule has 2 aromatic carbocycles. The number of carbonyl (C=O) groups excluding carboxylic acids is 2. The van der Waals surface area contributed by atoms with Crippen molar-refractivity contribution < 1.29 is 9.59 Å². The van der Waals surface area contributed by atoms with Gasteiger partial charge in [-0.2, -0.15) is 0 Å². The molecule has 0 amide bonds. The van der Waals surface area contributed by atoms with Gasteiger partial charge in [-0.25, -0.2) is 0 Å². The Balaban J connectivity index is 1.87. The van der Waals surface area contributed by atoms with Crippen LogP contribution in [0.3, 0.4) is 0 Å². The minimum atomic E-state index is -0.0595. The summed E-state index contributed by atoms with van der Waals surface area (Å²) in [5.74, 6) is 1.30. The van der Waals surface area contributed by atoms with E-state index in [-0.39, 0.29) is 22.4 Å². The lowest BCUT2D eigenvalue weighted by molar-refractivity contribution is 0.0978. The quantitative estimate of drug-likeness (QED) is 0.276. The molecule has 0 saturated carbocycles. The van der Waals surface area contributed by atoms with E-state index in [1.807, 2.05) is 24.3 Å². The van der Waals surface area contributed by atoms with Crippen LogP contribution in [-0.2, 0) is 10.8 Å². The molecule has 0 bridgehead atoms. The van der Waals surface area contributed by atoms with Crippen LogP contribution in [0.25, 0.3) is 0 Å². The number of rotatable bonds is 10. The molecule has 2 heteroatoms. The van der Waals surface area contributed by atoms with Crippen LogP contribution in [0.1, 0.15) is 151 Å². The SMILES string of the molecule is CCC(C)CCC(C)(C)c1ccc2c(c1)C(=O)c1cc(C(C)(C)CCCC(C)C(C)(C)C)ccc1C2=O. The Hall–Kier alpha value is -2.22. The van der Waals surface area contributed by atoms with Gasteiger partial charge in [-0.15, -0.1) is 0 Å². The van der Waals surface area contributed by atoms with Gasteiger partial charge >= 0.3 is 0 Å². The summed E-state index contributed by atoms with van der Waals surface area (Å²) in [5.41, 5.74) is 4.72. The third-order valence-electron chi connectivity index (χ3n) is 9.46. The molecule has 2 unspecified atom stereocenters. The van der Waals surface area contributed by atoms with Gasteiger partial charge in [0.1, 0.15) is 0 Å². The molecule has 2 atom stereocenters. The molecule has 0 aromatic heterocycles. The van der Waals surface area contributed by atoms with Crippen molar-refractivity contribution in [2.45, 2.75) is 119 Å². The maximum absolute atomic E-state index is 13.8. The molecule has 0 spiro atoms. The van der Waals surface area contributed by atoms with Crippen molar-refractivity contribution in [1.29, 1.82) is 0 Å². The summed E-state index contributed by atoms with van der Waals surface area (Å²) in [7, 11) is 0. The second-order valence-electron chi connectivity index (χ2n) is 14.2. The molecule has 0 radical (unpaired) electrons. The van der Waals surface area contributed by atoms with E-state index in [4.69, 9.17) is 0 Å². The van der Waals surface area contributed by atoms with Gasteiger partial charge in [0.2, 0.25) is 0 Å². The highest BCUT2D eigenvalue weighted by atomic mass is 16.1. The predicted molar refractivity (Wildman–Crippen MR) is 157 cm³/mol. The molecule has 0 fully saturated rings. The first-order valence-electron chi connectivity index (χ1n) is 14.5. The summed E-state index contributed by atoms with van der Waals surface area (Å²) in [6.45, 7) is 22.8. The smallest absolute Gasteiger partial charge is 0.194 e. The van der Waals surface area contributed by atoms with Crippen LogP contribution in [0.15, 0.2) is 36.4 Å². The van der Waals surface area contributed by atoms with E-state index in [0.29, 0.717) is 39.5 Å². The lowest BCUT2D eigenvalue weighted by atomic mass is 9.73. The van der Waals surface area contributed by atoms with Crippen molar-refractivity contribution in [3.8, 4) is 0 Å². The summed E-state index contributed by atoms with van der Waals surface area (Å²) in [5, 5.41) is 0. The van der Waals surface area contributed by atoms with E-state index in [9.17, 15) is 9.59 Å². The Morgan fingerprint density at radius 2 is 1.11 bits per heavy atom. The fourth-order valence-electron chi connectivity index (χ4n) is 5.38. The highest BCUT2D eigenvalue weighted by Crippen LogP contribution is 2.38. The molecule has 1 aliphatic rings. The number of ketones is 2. The third kappa shape index (κ3) is 6.44. The Morgan fingerprint density at radius 3 is 1.57 bits per heavy atom. The average Bonchev–Trinajstić information content (AvgIpc) is 2.84. The van der Waals surface area contributed by atoms with Gasteiger partial charge in [0.25, 0.3) is 0 Å². The van der Waals surface area contributed by atoms with Gasteiger partial charge in [0, 0.05) is 22.3 Å². The molecule has 1 aliphatic carbocycles. The molecule has 202 valence electrons. The zero-order valence-electron chi connectivity index (χ0n) is 25.2. The molecule has 3 rings (SSSR count). The van der Waals surface area contributed by atoms with Crippen molar-refractivity contribution in [2.75, 3.05) is 0 Å². The van der Waals surface area contributed by atoms with Crippen LogP contribution in [0.4, 0.5) is 0 Å². The normalized spacial score (nSPS) is 15.8. The lowest BCUT2D eigenvalue weighted by Gasteiger charge is -2.31. The number of fused-ring (bicyclic) bond motifs is 2. The van der Waals surface area contributed by atoms with Crippen molar-refractivity contribution in [2.24, 2.45) is 17.3 Å². The molecule has 0 saturated heterocycles. The number of hydrogen-bond donors (Lipinski definition) is 0. The summed E-state index contributed by atoms with van der Waals surface area (Å²) in [6.07, 6.45) is 6.79. The van der Waals surface area contributed by atoms with Crippen LogP contribution in [0.2, 0.25) is 0 Å².